The second-order valence-corrected chi connectivity index (χ2v) is 11.3. The van der Waals surface area contributed by atoms with Gasteiger partial charge in [0.2, 0.25) is 0 Å². The van der Waals surface area contributed by atoms with Crippen LogP contribution in [0, 0.1) is 17.8 Å². The maximum atomic E-state index is 12.6. The average molecular weight is 459 g/mol. The van der Waals surface area contributed by atoms with Crippen molar-refractivity contribution in [2.45, 2.75) is 124 Å². The predicted octanol–water partition coefficient (Wildman–Crippen LogP) is 7.93. The van der Waals surface area contributed by atoms with E-state index in [0.29, 0.717) is 41.9 Å². The zero-order valence-corrected chi connectivity index (χ0v) is 22.3. The Morgan fingerprint density at radius 3 is 2.00 bits per heavy atom. The summed E-state index contributed by atoms with van der Waals surface area (Å²) in [6.07, 6.45) is 15.2. The number of carbonyl (C=O) groups is 2. The van der Waals surface area contributed by atoms with Crippen molar-refractivity contribution in [1.29, 1.82) is 0 Å². The minimum Gasteiger partial charge on any atom is -0.390 e. The Labute approximate surface area is 203 Å². The Morgan fingerprint density at radius 1 is 0.909 bits per heavy atom. The first-order valence-corrected chi connectivity index (χ1v) is 13.3. The molecule has 0 saturated heterocycles. The van der Waals surface area contributed by atoms with E-state index < -0.39 is 5.60 Å². The van der Waals surface area contributed by atoms with E-state index in [1.54, 1.807) is 13.0 Å². The lowest BCUT2D eigenvalue weighted by Crippen LogP contribution is -2.26. The standard InChI is InChI=1S/C30H50O3/c1-8-12-26-27(29(32)25(6)21-28(26)31)18-20-30(7,33)19-11-17-24(5)16-10-15-23(4)14-9-13-22(2)3/h8,21-24,33H,1,9-20H2,2-7H3. The minimum atomic E-state index is -0.824. The summed E-state index contributed by atoms with van der Waals surface area (Å²) >= 11 is 0. The minimum absolute atomic E-state index is 0.0608. The van der Waals surface area contributed by atoms with Crippen LogP contribution in [0.25, 0.3) is 0 Å². The predicted molar refractivity (Wildman–Crippen MR) is 140 cm³/mol. The molecule has 1 aliphatic carbocycles. The van der Waals surface area contributed by atoms with E-state index in [-0.39, 0.29) is 11.6 Å². The first kappa shape index (κ1) is 29.6. The molecule has 0 radical (unpaired) electrons. The summed E-state index contributed by atoms with van der Waals surface area (Å²) < 4.78 is 0. The smallest absolute Gasteiger partial charge is 0.185 e. The van der Waals surface area contributed by atoms with Gasteiger partial charge in [0.05, 0.1) is 5.60 Å². The van der Waals surface area contributed by atoms with E-state index in [9.17, 15) is 14.7 Å². The lowest BCUT2D eigenvalue weighted by Gasteiger charge is -2.26. The van der Waals surface area contributed by atoms with Gasteiger partial charge in [-0.25, -0.2) is 0 Å². The summed E-state index contributed by atoms with van der Waals surface area (Å²) in [5.74, 6) is 2.16. The Balaban J connectivity index is 2.38. The summed E-state index contributed by atoms with van der Waals surface area (Å²) in [5, 5.41) is 10.9. The zero-order valence-electron chi connectivity index (χ0n) is 22.3. The zero-order chi connectivity index (χ0) is 25.0. The van der Waals surface area contributed by atoms with Crippen LogP contribution in [0.4, 0.5) is 0 Å². The van der Waals surface area contributed by atoms with Crippen LogP contribution >= 0.6 is 0 Å². The molecular weight excluding hydrogens is 408 g/mol. The van der Waals surface area contributed by atoms with Gasteiger partial charge in [0.1, 0.15) is 0 Å². The van der Waals surface area contributed by atoms with Crippen LogP contribution in [0.15, 0.2) is 35.5 Å². The lowest BCUT2D eigenvalue weighted by molar-refractivity contribution is -0.116. The summed E-state index contributed by atoms with van der Waals surface area (Å²) in [7, 11) is 0. The molecule has 0 aromatic heterocycles. The summed E-state index contributed by atoms with van der Waals surface area (Å²) in [6.45, 7) is 16.6. The van der Waals surface area contributed by atoms with E-state index in [2.05, 4.69) is 34.3 Å². The first-order valence-electron chi connectivity index (χ1n) is 13.3. The highest BCUT2D eigenvalue weighted by molar-refractivity contribution is 6.22. The molecule has 1 rings (SSSR count). The fourth-order valence-electron chi connectivity index (χ4n) is 4.83. The quantitative estimate of drug-likeness (QED) is 0.178. The maximum Gasteiger partial charge on any atom is 0.185 e. The SMILES string of the molecule is C=CCC1=C(CCC(C)(O)CCCC(C)CCCC(C)CCCC(C)C)C(=O)C(C)=CC1=O. The Hall–Kier alpha value is -1.48. The lowest BCUT2D eigenvalue weighted by atomic mass is 9.82. The average Bonchev–Trinajstić information content (AvgIpc) is 2.71. The first-order chi connectivity index (χ1) is 15.5. The van der Waals surface area contributed by atoms with Gasteiger partial charge in [0, 0.05) is 16.7 Å². The Morgan fingerprint density at radius 2 is 1.45 bits per heavy atom. The van der Waals surface area contributed by atoms with E-state index >= 15 is 0 Å². The molecule has 0 saturated carbocycles. The summed E-state index contributed by atoms with van der Waals surface area (Å²) in [5.41, 5.74) is 0.778. The molecule has 0 heterocycles. The van der Waals surface area contributed by atoms with E-state index in [1.165, 1.54) is 44.6 Å². The van der Waals surface area contributed by atoms with Gasteiger partial charge in [-0.15, -0.1) is 6.58 Å². The third-order valence-electron chi connectivity index (χ3n) is 7.19. The number of hydrogen-bond acceptors (Lipinski definition) is 3. The molecule has 0 aromatic carbocycles. The molecule has 1 N–H and O–H groups in total. The van der Waals surface area contributed by atoms with Crippen LogP contribution in [0.2, 0.25) is 0 Å². The third-order valence-corrected chi connectivity index (χ3v) is 7.19. The van der Waals surface area contributed by atoms with Crippen LogP contribution in [-0.2, 0) is 9.59 Å². The van der Waals surface area contributed by atoms with Crippen molar-refractivity contribution < 1.29 is 14.7 Å². The van der Waals surface area contributed by atoms with Gasteiger partial charge in [-0.3, -0.25) is 9.59 Å². The van der Waals surface area contributed by atoms with E-state index in [0.717, 1.165) is 31.1 Å². The van der Waals surface area contributed by atoms with Crippen LogP contribution in [0.3, 0.4) is 0 Å². The normalized spacial score (nSPS) is 18.4. The van der Waals surface area contributed by atoms with Crippen molar-refractivity contribution >= 4 is 11.6 Å². The van der Waals surface area contributed by atoms with Crippen LogP contribution in [0.1, 0.15) is 119 Å². The molecule has 33 heavy (non-hydrogen) atoms. The molecule has 0 aliphatic heterocycles. The second kappa shape index (κ2) is 14.7. The Kier molecular flexibility index (Phi) is 13.2. The monoisotopic (exact) mass is 458 g/mol. The van der Waals surface area contributed by atoms with E-state index in [4.69, 9.17) is 0 Å². The molecule has 0 amide bonds. The fourth-order valence-corrected chi connectivity index (χ4v) is 4.83. The second-order valence-electron chi connectivity index (χ2n) is 11.3. The van der Waals surface area contributed by atoms with Crippen LogP contribution < -0.4 is 0 Å². The number of rotatable bonds is 17. The molecule has 3 atom stereocenters. The van der Waals surface area contributed by atoms with Crippen LogP contribution in [-0.4, -0.2) is 22.3 Å². The number of carbonyl (C=O) groups excluding carboxylic acids is 2. The van der Waals surface area contributed by atoms with E-state index in [1.807, 2.05) is 6.92 Å². The van der Waals surface area contributed by atoms with Gasteiger partial charge in [0.25, 0.3) is 0 Å². The summed E-state index contributed by atoms with van der Waals surface area (Å²) in [4.78, 5) is 25.0. The third kappa shape index (κ3) is 11.5. The number of hydrogen-bond donors (Lipinski definition) is 1. The fraction of sp³-hybridized carbons (Fsp3) is 0.733. The van der Waals surface area contributed by atoms with Crippen molar-refractivity contribution in [3.8, 4) is 0 Å². The molecule has 0 fully saturated rings. The van der Waals surface area contributed by atoms with Gasteiger partial charge in [-0.05, 0) is 63.4 Å². The number of aliphatic hydroxyl groups is 1. The van der Waals surface area contributed by atoms with Crippen molar-refractivity contribution in [3.05, 3.63) is 35.5 Å². The van der Waals surface area contributed by atoms with Gasteiger partial charge < -0.3 is 5.11 Å². The number of Topliss-reactive ketones (excluding diaryl/α,β-unsaturated/α-hetero) is 1. The maximum absolute atomic E-state index is 12.6. The largest absolute Gasteiger partial charge is 0.390 e. The highest BCUT2D eigenvalue weighted by Crippen LogP contribution is 2.30. The van der Waals surface area contributed by atoms with Crippen molar-refractivity contribution in [3.63, 3.8) is 0 Å². The van der Waals surface area contributed by atoms with Gasteiger partial charge in [-0.2, -0.15) is 0 Å². The highest BCUT2D eigenvalue weighted by atomic mass is 16.3. The molecule has 0 aromatic rings. The van der Waals surface area contributed by atoms with Crippen LogP contribution in [0.5, 0.6) is 0 Å². The molecule has 3 nitrogen and oxygen atoms in total. The number of allylic oxidation sites excluding steroid dienone is 5. The topological polar surface area (TPSA) is 54.4 Å². The Bertz CT molecular complexity index is 708. The molecule has 0 bridgehead atoms. The molecule has 0 spiro atoms. The highest BCUT2D eigenvalue weighted by Gasteiger charge is 2.28. The van der Waals surface area contributed by atoms with Crippen molar-refractivity contribution in [1.82, 2.24) is 0 Å². The molecule has 3 heteroatoms. The molecule has 188 valence electrons. The molecule has 3 unspecified atom stereocenters. The molecular formula is C30H50O3. The summed E-state index contributed by atoms with van der Waals surface area (Å²) in [6, 6.07) is 0. The van der Waals surface area contributed by atoms with Crippen molar-refractivity contribution in [2.75, 3.05) is 0 Å². The molecule has 1 aliphatic rings. The van der Waals surface area contributed by atoms with Gasteiger partial charge in [-0.1, -0.05) is 85.1 Å². The van der Waals surface area contributed by atoms with Crippen molar-refractivity contribution in [2.24, 2.45) is 17.8 Å². The number of ketones is 2. The van der Waals surface area contributed by atoms with Gasteiger partial charge in [0.15, 0.2) is 11.6 Å². The van der Waals surface area contributed by atoms with Gasteiger partial charge >= 0.3 is 0 Å².